The third-order valence-corrected chi connectivity index (χ3v) is 2.78. The summed E-state index contributed by atoms with van der Waals surface area (Å²) in [6, 6.07) is 9.47. The largest absolute Gasteiger partial charge is 0.460 e. The number of hydrogen-bond donors (Lipinski definition) is 1. The summed E-state index contributed by atoms with van der Waals surface area (Å²) in [7, 11) is 0. The van der Waals surface area contributed by atoms with Gasteiger partial charge in [0.05, 0.1) is 11.5 Å². The van der Waals surface area contributed by atoms with Crippen LogP contribution in [0.25, 0.3) is 0 Å². The highest BCUT2D eigenvalue weighted by Crippen LogP contribution is 2.22. The van der Waals surface area contributed by atoms with Crippen molar-refractivity contribution in [2.45, 2.75) is 33.5 Å². The lowest BCUT2D eigenvalue weighted by Gasteiger charge is -2.25. The Morgan fingerprint density at radius 2 is 1.94 bits per heavy atom. The second kappa shape index (κ2) is 5.12. The van der Waals surface area contributed by atoms with Gasteiger partial charge in [0.25, 0.3) is 0 Å². The minimum atomic E-state index is -0.866. The number of aliphatic hydroxyl groups excluding tert-OH is 1. The summed E-state index contributed by atoms with van der Waals surface area (Å²) in [6.07, 6.45) is -0.726. The standard InChI is InChI=1S/C13H18O3/c1-10(14)13(2,3)12(15)16-9-11-7-5-4-6-8-11/h4-8,10,14H,9H2,1-3H3/t10-/m0/s1. The first-order chi connectivity index (χ1) is 7.44. The fraction of sp³-hybridized carbons (Fsp3) is 0.462. The topological polar surface area (TPSA) is 46.5 Å². The molecule has 0 unspecified atom stereocenters. The van der Waals surface area contributed by atoms with E-state index in [-0.39, 0.29) is 12.6 Å². The zero-order valence-electron chi connectivity index (χ0n) is 9.93. The van der Waals surface area contributed by atoms with Gasteiger partial charge in [-0.05, 0) is 26.3 Å². The summed E-state index contributed by atoms with van der Waals surface area (Å²) in [6.45, 7) is 5.18. The maximum absolute atomic E-state index is 11.7. The highest BCUT2D eigenvalue weighted by molar-refractivity contribution is 5.76. The number of aliphatic hydroxyl groups is 1. The van der Waals surface area contributed by atoms with E-state index < -0.39 is 11.5 Å². The minimum Gasteiger partial charge on any atom is -0.460 e. The Labute approximate surface area is 96.1 Å². The summed E-state index contributed by atoms with van der Waals surface area (Å²) < 4.78 is 5.16. The molecule has 1 aromatic carbocycles. The second-order valence-electron chi connectivity index (χ2n) is 4.46. The zero-order chi connectivity index (χ0) is 12.2. The van der Waals surface area contributed by atoms with E-state index in [4.69, 9.17) is 4.74 Å². The number of carbonyl (C=O) groups excluding carboxylic acids is 1. The molecule has 0 fully saturated rings. The second-order valence-corrected chi connectivity index (χ2v) is 4.46. The summed E-state index contributed by atoms with van der Waals surface area (Å²) >= 11 is 0. The highest BCUT2D eigenvalue weighted by Gasteiger charge is 2.34. The fourth-order valence-corrected chi connectivity index (χ4v) is 1.08. The monoisotopic (exact) mass is 222 g/mol. The molecule has 1 atom stereocenters. The molecule has 16 heavy (non-hydrogen) atoms. The predicted molar refractivity (Wildman–Crippen MR) is 61.7 cm³/mol. The number of esters is 1. The van der Waals surface area contributed by atoms with Gasteiger partial charge in [-0.2, -0.15) is 0 Å². The van der Waals surface area contributed by atoms with Crippen LogP contribution in [0.2, 0.25) is 0 Å². The Balaban J connectivity index is 2.54. The van der Waals surface area contributed by atoms with E-state index >= 15 is 0 Å². The fourth-order valence-electron chi connectivity index (χ4n) is 1.08. The highest BCUT2D eigenvalue weighted by atomic mass is 16.5. The van der Waals surface area contributed by atoms with E-state index in [1.54, 1.807) is 20.8 Å². The molecule has 0 bridgehead atoms. The van der Waals surface area contributed by atoms with Gasteiger partial charge in [0, 0.05) is 0 Å². The van der Waals surface area contributed by atoms with Crippen molar-refractivity contribution in [3.05, 3.63) is 35.9 Å². The number of carbonyl (C=O) groups is 1. The third-order valence-electron chi connectivity index (χ3n) is 2.78. The summed E-state index contributed by atoms with van der Waals surface area (Å²) in [5.74, 6) is -0.383. The van der Waals surface area contributed by atoms with Crippen molar-refractivity contribution >= 4 is 5.97 Å². The molecule has 0 spiro atoms. The van der Waals surface area contributed by atoms with Gasteiger partial charge in [-0.3, -0.25) is 4.79 Å². The van der Waals surface area contributed by atoms with Gasteiger partial charge in [-0.25, -0.2) is 0 Å². The number of rotatable bonds is 4. The van der Waals surface area contributed by atoms with Crippen LogP contribution in [0.5, 0.6) is 0 Å². The van der Waals surface area contributed by atoms with Gasteiger partial charge in [0.15, 0.2) is 0 Å². The van der Waals surface area contributed by atoms with Crippen molar-refractivity contribution in [2.75, 3.05) is 0 Å². The summed E-state index contributed by atoms with van der Waals surface area (Å²) in [4.78, 5) is 11.7. The Morgan fingerprint density at radius 3 is 2.44 bits per heavy atom. The molecule has 1 rings (SSSR count). The number of benzene rings is 1. The molecule has 1 N–H and O–H groups in total. The van der Waals surface area contributed by atoms with Gasteiger partial charge in [0.2, 0.25) is 0 Å². The van der Waals surface area contributed by atoms with E-state index in [9.17, 15) is 9.90 Å². The molecule has 3 nitrogen and oxygen atoms in total. The van der Waals surface area contributed by atoms with E-state index in [1.165, 1.54) is 0 Å². The molecule has 0 saturated carbocycles. The Morgan fingerprint density at radius 1 is 1.38 bits per heavy atom. The van der Waals surface area contributed by atoms with Crippen molar-refractivity contribution in [3.63, 3.8) is 0 Å². The van der Waals surface area contributed by atoms with Crippen LogP contribution < -0.4 is 0 Å². The molecule has 1 aromatic rings. The smallest absolute Gasteiger partial charge is 0.314 e. The van der Waals surface area contributed by atoms with Crippen LogP contribution in [-0.4, -0.2) is 17.2 Å². The number of ether oxygens (including phenoxy) is 1. The van der Waals surface area contributed by atoms with Crippen molar-refractivity contribution in [3.8, 4) is 0 Å². The molecule has 88 valence electrons. The lowest BCUT2D eigenvalue weighted by atomic mass is 9.88. The molecule has 0 heterocycles. The SMILES string of the molecule is C[C@H](O)C(C)(C)C(=O)OCc1ccccc1. The van der Waals surface area contributed by atoms with Gasteiger partial charge in [0.1, 0.15) is 6.61 Å². The van der Waals surface area contributed by atoms with Gasteiger partial charge < -0.3 is 9.84 Å². The summed E-state index contributed by atoms with van der Waals surface area (Å²) in [5.41, 5.74) is 0.0756. The lowest BCUT2D eigenvalue weighted by molar-refractivity contribution is -0.161. The molecule has 0 radical (unpaired) electrons. The first kappa shape index (κ1) is 12.7. The van der Waals surface area contributed by atoms with E-state index in [0.717, 1.165) is 5.56 Å². The quantitative estimate of drug-likeness (QED) is 0.794. The van der Waals surface area contributed by atoms with Gasteiger partial charge in [-0.15, -0.1) is 0 Å². The first-order valence-electron chi connectivity index (χ1n) is 5.34. The molecule has 0 aliphatic heterocycles. The maximum Gasteiger partial charge on any atom is 0.314 e. The van der Waals surface area contributed by atoms with Crippen LogP contribution >= 0.6 is 0 Å². The molecule has 0 aromatic heterocycles. The average molecular weight is 222 g/mol. The van der Waals surface area contributed by atoms with Crippen molar-refractivity contribution in [1.29, 1.82) is 0 Å². The average Bonchev–Trinajstić information content (AvgIpc) is 2.27. The molecule has 0 saturated heterocycles. The van der Waals surface area contributed by atoms with Gasteiger partial charge in [-0.1, -0.05) is 30.3 Å². The Hall–Kier alpha value is -1.35. The lowest BCUT2D eigenvalue weighted by Crippen LogP contribution is -2.36. The van der Waals surface area contributed by atoms with E-state index in [2.05, 4.69) is 0 Å². The molecule has 0 amide bonds. The van der Waals surface area contributed by atoms with Crippen molar-refractivity contribution < 1.29 is 14.6 Å². The van der Waals surface area contributed by atoms with Crippen molar-refractivity contribution in [2.24, 2.45) is 5.41 Å². The Kier molecular flexibility index (Phi) is 4.07. The first-order valence-corrected chi connectivity index (χ1v) is 5.34. The molecule has 0 aliphatic carbocycles. The number of hydrogen-bond acceptors (Lipinski definition) is 3. The maximum atomic E-state index is 11.7. The van der Waals surface area contributed by atoms with Gasteiger partial charge >= 0.3 is 5.97 Å². The van der Waals surface area contributed by atoms with Crippen LogP contribution in [0.4, 0.5) is 0 Å². The molecular formula is C13H18O3. The van der Waals surface area contributed by atoms with Crippen LogP contribution in [0.1, 0.15) is 26.3 Å². The van der Waals surface area contributed by atoms with E-state index in [0.29, 0.717) is 0 Å². The van der Waals surface area contributed by atoms with E-state index in [1.807, 2.05) is 30.3 Å². The van der Waals surface area contributed by atoms with Crippen molar-refractivity contribution in [1.82, 2.24) is 0 Å². The molecular weight excluding hydrogens is 204 g/mol. The third kappa shape index (κ3) is 3.07. The Bertz CT molecular complexity index is 341. The summed E-state index contributed by atoms with van der Waals surface area (Å²) in [5, 5.41) is 9.45. The molecule has 0 aliphatic rings. The van der Waals surface area contributed by atoms with Crippen LogP contribution in [-0.2, 0) is 16.1 Å². The van der Waals surface area contributed by atoms with Crippen LogP contribution in [0.3, 0.4) is 0 Å². The van der Waals surface area contributed by atoms with Crippen LogP contribution in [0.15, 0.2) is 30.3 Å². The zero-order valence-corrected chi connectivity index (χ0v) is 9.93. The molecule has 3 heteroatoms. The normalized spacial score (nSPS) is 13.2. The van der Waals surface area contributed by atoms with Crippen LogP contribution in [0, 0.1) is 5.41 Å². The minimum absolute atomic E-state index is 0.246. The predicted octanol–water partition coefficient (Wildman–Crippen LogP) is 2.14.